The lowest BCUT2D eigenvalue weighted by molar-refractivity contribution is 0.242. The number of rotatable bonds is 8. The van der Waals surface area contributed by atoms with Crippen molar-refractivity contribution in [3.63, 3.8) is 0 Å². The molecule has 0 amide bonds. The van der Waals surface area contributed by atoms with E-state index >= 15 is 0 Å². The van der Waals surface area contributed by atoms with Crippen molar-refractivity contribution in [2.24, 2.45) is 11.8 Å². The number of ether oxygens (including phenoxy) is 1. The third kappa shape index (κ3) is 7.08. The van der Waals surface area contributed by atoms with Crippen molar-refractivity contribution in [3.8, 4) is 5.75 Å². The Hall–Kier alpha value is -0.890. The molecule has 1 aromatic rings. The first-order valence-corrected chi connectivity index (χ1v) is 8.38. The highest BCUT2D eigenvalue weighted by Crippen LogP contribution is 2.29. The molecule has 0 spiro atoms. The van der Waals surface area contributed by atoms with Crippen molar-refractivity contribution in [3.05, 3.63) is 23.2 Å². The quantitative estimate of drug-likeness (QED) is 0.635. The van der Waals surface area contributed by atoms with Gasteiger partial charge in [-0.1, -0.05) is 39.3 Å². The summed E-state index contributed by atoms with van der Waals surface area (Å²) in [5, 5.41) is 4.29. The van der Waals surface area contributed by atoms with Gasteiger partial charge in [-0.3, -0.25) is 0 Å². The van der Waals surface area contributed by atoms with Crippen LogP contribution in [-0.2, 0) is 0 Å². The average molecular weight is 312 g/mol. The third-order valence-electron chi connectivity index (χ3n) is 3.18. The summed E-state index contributed by atoms with van der Waals surface area (Å²) in [5.74, 6) is 2.11. The molecule has 0 saturated heterocycles. The molecule has 21 heavy (non-hydrogen) atoms. The molecule has 0 aromatic heterocycles. The largest absolute Gasteiger partial charge is 0.489 e. The lowest BCUT2D eigenvalue weighted by Gasteiger charge is -2.24. The number of hydrogen-bond acceptors (Lipinski definition) is 2. The molecule has 1 aromatic carbocycles. The molecule has 0 aliphatic rings. The minimum atomic E-state index is 0.135. The van der Waals surface area contributed by atoms with Crippen LogP contribution in [0.5, 0.6) is 5.75 Å². The van der Waals surface area contributed by atoms with Crippen molar-refractivity contribution in [2.45, 2.75) is 66.5 Å². The first-order valence-electron chi connectivity index (χ1n) is 8.00. The molecular formula is C18H30ClNO. The molecule has 0 atom stereocenters. The van der Waals surface area contributed by atoms with E-state index in [-0.39, 0.29) is 6.10 Å². The Morgan fingerprint density at radius 2 is 1.57 bits per heavy atom. The Labute approximate surface area is 135 Å². The predicted octanol–water partition coefficient (Wildman–Crippen LogP) is 6.00. The van der Waals surface area contributed by atoms with Crippen LogP contribution in [0.25, 0.3) is 0 Å². The molecule has 0 radical (unpaired) electrons. The number of hydrogen-bond donors (Lipinski definition) is 1. The van der Waals surface area contributed by atoms with Gasteiger partial charge in [0.2, 0.25) is 0 Å². The first-order chi connectivity index (χ1) is 9.77. The Bertz CT molecular complexity index is 419. The van der Waals surface area contributed by atoms with E-state index in [4.69, 9.17) is 16.3 Å². The summed E-state index contributed by atoms with van der Waals surface area (Å²) >= 11 is 6.30. The summed E-state index contributed by atoms with van der Waals surface area (Å²) in [5.41, 5.74) is 1.07. The topological polar surface area (TPSA) is 21.3 Å². The molecular weight excluding hydrogens is 282 g/mol. The number of anilines is 1. The van der Waals surface area contributed by atoms with Crippen molar-refractivity contribution in [1.82, 2.24) is 0 Å². The van der Waals surface area contributed by atoms with Crippen LogP contribution in [0.2, 0.25) is 5.02 Å². The van der Waals surface area contributed by atoms with E-state index in [1.807, 2.05) is 26.0 Å². The first kappa shape index (κ1) is 18.2. The zero-order valence-electron chi connectivity index (χ0n) is 14.2. The Balaban J connectivity index is 2.76. The minimum absolute atomic E-state index is 0.135. The molecule has 0 unspecified atom stereocenters. The Kier molecular flexibility index (Phi) is 7.37. The van der Waals surface area contributed by atoms with Crippen LogP contribution in [0.1, 0.15) is 54.4 Å². The number of nitrogens with one attached hydrogen (secondary N) is 1. The highest BCUT2D eigenvalue weighted by Gasteiger charge is 2.14. The molecule has 0 heterocycles. The smallest absolute Gasteiger partial charge is 0.138 e. The van der Waals surface area contributed by atoms with Gasteiger partial charge in [0, 0.05) is 11.7 Å². The third-order valence-corrected chi connectivity index (χ3v) is 3.47. The van der Waals surface area contributed by atoms with Crippen LogP contribution in [0.3, 0.4) is 0 Å². The van der Waals surface area contributed by atoms with Crippen molar-refractivity contribution in [2.75, 3.05) is 5.32 Å². The number of halogens is 1. The normalized spacial score (nSPS) is 11.8. The van der Waals surface area contributed by atoms with Gasteiger partial charge in [0.1, 0.15) is 5.75 Å². The van der Waals surface area contributed by atoms with Gasteiger partial charge in [-0.15, -0.1) is 0 Å². The van der Waals surface area contributed by atoms with Gasteiger partial charge in [0.05, 0.1) is 11.1 Å². The summed E-state index contributed by atoms with van der Waals surface area (Å²) in [4.78, 5) is 0. The van der Waals surface area contributed by atoms with Gasteiger partial charge < -0.3 is 10.1 Å². The summed E-state index contributed by atoms with van der Waals surface area (Å²) in [6, 6.07) is 6.45. The van der Waals surface area contributed by atoms with E-state index < -0.39 is 0 Å². The molecule has 0 aliphatic carbocycles. The Morgan fingerprint density at radius 1 is 1.00 bits per heavy atom. The van der Waals surface area contributed by atoms with Gasteiger partial charge in [-0.05, 0) is 56.7 Å². The molecule has 2 nitrogen and oxygen atoms in total. The van der Waals surface area contributed by atoms with Crippen molar-refractivity contribution >= 4 is 17.3 Å². The Morgan fingerprint density at radius 3 is 2.00 bits per heavy atom. The lowest BCUT2D eigenvalue weighted by atomic mass is 9.95. The predicted molar refractivity (Wildman–Crippen MR) is 93.5 cm³/mol. The zero-order valence-corrected chi connectivity index (χ0v) is 15.0. The van der Waals surface area contributed by atoms with Gasteiger partial charge in [0.25, 0.3) is 0 Å². The number of benzene rings is 1. The maximum absolute atomic E-state index is 6.30. The van der Waals surface area contributed by atoms with E-state index in [1.54, 1.807) is 0 Å². The van der Waals surface area contributed by atoms with E-state index in [9.17, 15) is 0 Å². The van der Waals surface area contributed by atoms with Crippen molar-refractivity contribution < 1.29 is 4.74 Å². The highest BCUT2D eigenvalue weighted by molar-refractivity contribution is 6.32. The van der Waals surface area contributed by atoms with Gasteiger partial charge in [0.15, 0.2) is 0 Å². The van der Waals surface area contributed by atoms with Gasteiger partial charge >= 0.3 is 0 Å². The summed E-state index contributed by atoms with van der Waals surface area (Å²) < 4.78 is 5.67. The average Bonchev–Trinajstić information content (AvgIpc) is 2.30. The molecule has 120 valence electrons. The summed E-state index contributed by atoms with van der Waals surface area (Å²) in [7, 11) is 0. The van der Waals surface area contributed by atoms with Crippen LogP contribution in [0, 0.1) is 11.8 Å². The molecule has 3 heteroatoms. The van der Waals surface area contributed by atoms with Crippen LogP contribution in [0.15, 0.2) is 18.2 Å². The fourth-order valence-corrected chi connectivity index (χ4v) is 2.75. The van der Waals surface area contributed by atoms with Crippen LogP contribution >= 0.6 is 11.6 Å². The second-order valence-electron chi connectivity index (χ2n) is 6.91. The van der Waals surface area contributed by atoms with E-state index in [2.05, 4.69) is 39.1 Å². The SMILES string of the molecule is CC(C)CC(CC(C)C)Nc1ccc(OC(C)C)c(Cl)c1. The van der Waals surface area contributed by atoms with Gasteiger partial charge in [-0.2, -0.15) is 0 Å². The standard InChI is InChI=1S/C18H30ClNO/c1-12(2)9-16(10-13(3)4)20-15-7-8-18(17(19)11-15)21-14(5)6/h7-8,11-14,16,20H,9-10H2,1-6H3. The van der Waals surface area contributed by atoms with E-state index in [0.29, 0.717) is 22.9 Å². The van der Waals surface area contributed by atoms with Crippen LogP contribution < -0.4 is 10.1 Å². The monoisotopic (exact) mass is 311 g/mol. The second-order valence-corrected chi connectivity index (χ2v) is 7.32. The molecule has 0 aliphatic heterocycles. The van der Waals surface area contributed by atoms with Crippen LogP contribution in [-0.4, -0.2) is 12.1 Å². The molecule has 0 fully saturated rings. The fraction of sp³-hybridized carbons (Fsp3) is 0.667. The molecule has 1 N–H and O–H groups in total. The molecule has 1 rings (SSSR count). The molecule has 0 saturated carbocycles. The van der Waals surface area contributed by atoms with Gasteiger partial charge in [-0.25, -0.2) is 0 Å². The van der Waals surface area contributed by atoms with E-state index in [0.717, 1.165) is 11.4 Å². The fourth-order valence-electron chi connectivity index (χ4n) is 2.53. The van der Waals surface area contributed by atoms with Crippen LogP contribution in [0.4, 0.5) is 5.69 Å². The minimum Gasteiger partial charge on any atom is -0.489 e. The lowest BCUT2D eigenvalue weighted by Crippen LogP contribution is -2.23. The molecule has 0 bridgehead atoms. The highest BCUT2D eigenvalue weighted by atomic mass is 35.5. The maximum Gasteiger partial charge on any atom is 0.138 e. The maximum atomic E-state index is 6.30. The summed E-state index contributed by atoms with van der Waals surface area (Å²) in [6.45, 7) is 13.1. The summed E-state index contributed by atoms with van der Waals surface area (Å²) in [6.07, 6.45) is 2.47. The second kappa shape index (κ2) is 8.53. The van der Waals surface area contributed by atoms with Crippen molar-refractivity contribution in [1.29, 1.82) is 0 Å². The zero-order chi connectivity index (χ0) is 16.0. The van der Waals surface area contributed by atoms with E-state index in [1.165, 1.54) is 12.8 Å².